The Balaban J connectivity index is 2.00. The zero-order valence-corrected chi connectivity index (χ0v) is 10.2. The molecule has 0 saturated carbocycles. The molecule has 0 spiro atoms. The third-order valence-electron chi connectivity index (χ3n) is 2.78. The maximum atomic E-state index is 10.1. The Hall–Kier alpha value is -1.40. The first-order chi connectivity index (χ1) is 8.11. The van der Waals surface area contributed by atoms with E-state index in [1.807, 2.05) is 20.0 Å². The second-order valence-electron chi connectivity index (χ2n) is 4.32. The van der Waals surface area contributed by atoms with Gasteiger partial charge in [0.2, 0.25) is 0 Å². The van der Waals surface area contributed by atoms with Crippen LogP contribution in [0.25, 0.3) is 0 Å². The van der Waals surface area contributed by atoms with Gasteiger partial charge in [-0.05, 0) is 6.92 Å². The largest absolute Gasteiger partial charge is 0.386 e. The van der Waals surface area contributed by atoms with E-state index in [1.54, 1.807) is 0 Å². The van der Waals surface area contributed by atoms with Gasteiger partial charge in [-0.3, -0.25) is 0 Å². The summed E-state index contributed by atoms with van der Waals surface area (Å²) < 4.78 is 5.18. The molecule has 0 bridgehead atoms. The molecule has 3 N–H and O–H groups in total. The summed E-state index contributed by atoms with van der Waals surface area (Å²) in [6, 6.07) is 1.81. The molecule has 2 rings (SSSR count). The van der Waals surface area contributed by atoms with E-state index in [0.717, 1.165) is 5.82 Å². The summed E-state index contributed by atoms with van der Waals surface area (Å²) in [4.78, 5) is 8.46. The molecule has 0 aromatic carbocycles. The monoisotopic (exact) mass is 238 g/mol. The van der Waals surface area contributed by atoms with Crippen molar-refractivity contribution in [3.63, 3.8) is 0 Å². The summed E-state index contributed by atoms with van der Waals surface area (Å²) in [7, 11) is 1.81. The highest BCUT2D eigenvalue weighted by atomic mass is 16.5. The fourth-order valence-corrected chi connectivity index (χ4v) is 1.78. The van der Waals surface area contributed by atoms with Crippen LogP contribution in [0, 0.1) is 6.92 Å². The average molecular weight is 238 g/mol. The van der Waals surface area contributed by atoms with Crippen LogP contribution in [-0.4, -0.2) is 47.5 Å². The van der Waals surface area contributed by atoms with Crippen LogP contribution < -0.4 is 10.6 Å². The van der Waals surface area contributed by atoms with E-state index in [4.69, 9.17) is 4.74 Å². The van der Waals surface area contributed by atoms with Crippen LogP contribution in [0.4, 0.5) is 11.6 Å². The van der Waals surface area contributed by atoms with Crippen molar-refractivity contribution >= 4 is 11.6 Å². The average Bonchev–Trinajstić information content (AvgIpc) is 2.73. The number of nitrogens with one attached hydrogen (secondary N) is 2. The van der Waals surface area contributed by atoms with E-state index in [0.29, 0.717) is 37.8 Å². The standard InChI is InChI=1S/C11H18N4O2/c1-8-14-9(12-2)5-10(15-8)13-6-11(16)3-4-17-7-11/h5,16H,3-4,6-7H2,1-2H3,(H2,12,13,14,15). The molecule has 94 valence electrons. The van der Waals surface area contributed by atoms with E-state index >= 15 is 0 Å². The van der Waals surface area contributed by atoms with Crippen LogP contribution >= 0.6 is 0 Å². The van der Waals surface area contributed by atoms with Crippen LogP contribution in [0.2, 0.25) is 0 Å². The van der Waals surface area contributed by atoms with Gasteiger partial charge in [0, 0.05) is 32.7 Å². The van der Waals surface area contributed by atoms with Gasteiger partial charge in [-0.2, -0.15) is 0 Å². The first kappa shape index (κ1) is 12.1. The molecule has 0 radical (unpaired) electrons. The van der Waals surface area contributed by atoms with Gasteiger partial charge in [-0.1, -0.05) is 0 Å². The van der Waals surface area contributed by atoms with Crippen molar-refractivity contribution in [1.29, 1.82) is 0 Å². The van der Waals surface area contributed by atoms with Crippen LogP contribution in [0.1, 0.15) is 12.2 Å². The van der Waals surface area contributed by atoms with Gasteiger partial charge in [0.05, 0.1) is 6.61 Å². The van der Waals surface area contributed by atoms with Crippen molar-refractivity contribution in [3.05, 3.63) is 11.9 Å². The highest BCUT2D eigenvalue weighted by Gasteiger charge is 2.31. The van der Waals surface area contributed by atoms with Gasteiger partial charge in [0.15, 0.2) is 0 Å². The molecule has 1 aromatic rings. The molecule has 6 nitrogen and oxygen atoms in total. The molecule has 1 fully saturated rings. The number of rotatable bonds is 4. The quantitative estimate of drug-likeness (QED) is 0.704. The van der Waals surface area contributed by atoms with Crippen molar-refractivity contribution in [2.24, 2.45) is 0 Å². The smallest absolute Gasteiger partial charge is 0.131 e. The third kappa shape index (κ3) is 3.04. The lowest BCUT2D eigenvalue weighted by molar-refractivity contribution is 0.0381. The van der Waals surface area contributed by atoms with E-state index in [-0.39, 0.29) is 0 Å². The Bertz CT molecular complexity index is 391. The minimum absolute atomic E-state index is 0.378. The predicted octanol–water partition coefficient (Wildman–Crippen LogP) is 0.390. The van der Waals surface area contributed by atoms with Crippen LogP contribution in [0.5, 0.6) is 0 Å². The van der Waals surface area contributed by atoms with Crippen molar-refractivity contribution in [2.45, 2.75) is 18.9 Å². The number of aliphatic hydroxyl groups is 1. The number of ether oxygens (including phenoxy) is 1. The Morgan fingerprint density at radius 2 is 2.24 bits per heavy atom. The second kappa shape index (κ2) is 4.85. The summed E-state index contributed by atoms with van der Waals surface area (Å²) >= 11 is 0. The first-order valence-electron chi connectivity index (χ1n) is 5.69. The van der Waals surface area contributed by atoms with Gasteiger partial charge in [-0.25, -0.2) is 9.97 Å². The molecule has 17 heavy (non-hydrogen) atoms. The summed E-state index contributed by atoms with van der Waals surface area (Å²) in [5.74, 6) is 2.16. The second-order valence-corrected chi connectivity index (χ2v) is 4.32. The van der Waals surface area contributed by atoms with E-state index < -0.39 is 5.60 Å². The Kier molecular flexibility index (Phi) is 3.44. The van der Waals surface area contributed by atoms with E-state index in [9.17, 15) is 5.11 Å². The molecule has 2 heterocycles. The molecule has 1 aromatic heterocycles. The van der Waals surface area contributed by atoms with Gasteiger partial charge >= 0.3 is 0 Å². The molecular formula is C11H18N4O2. The van der Waals surface area contributed by atoms with Crippen LogP contribution in [0.15, 0.2) is 6.07 Å². The lowest BCUT2D eigenvalue weighted by Gasteiger charge is -2.21. The third-order valence-corrected chi connectivity index (χ3v) is 2.78. The molecule has 1 atom stereocenters. The summed E-state index contributed by atoms with van der Waals surface area (Å²) in [5.41, 5.74) is -0.779. The van der Waals surface area contributed by atoms with Crippen molar-refractivity contribution in [2.75, 3.05) is 37.4 Å². The van der Waals surface area contributed by atoms with Crippen LogP contribution in [0.3, 0.4) is 0 Å². The molecular weight excluding hydrogens is 220 g/mol. The lowest BCUT2D eigenvalue weighted by Crippen LogP contribution is -2.37. The minimum Gasteiger partial charge on any atom is -0.386 e. The molecule has 1 unspecified atom stereocenters. The molecule has 1 aliphatic rings. The number of hydrogen-bond acceptors (Lipinski definition) is 6. The van der Waals surface area contributed by atoms with Crippen molar-refractivity contribution in [1.82, 2.24) is 9.97 Å². The van der Waals surface area contributed by atoms with E-state index in [1.165, 1.54) is 0 Å². The molecule has 0 amide bonds. The highest BCUT2D eigenvalue weighted by Crippen LogP contribution is 2.19. The van der Waals surface area contributed by atoms with Gasteiger partial charge < -0.3 is 20.5 Å². The Labute approximate surface area is 100 Å². The normalized spacial score (nSPS) is 23.7. The van der Waals surface area contributed by atoms with Gasteiger partial charge in [0.25, 0.3) is 0 Å². The number of nitrogens with zero attached hydrogens (tertiary/aromatic N) is 2. The van der Waals surface area contributed by atoms with Crippen LogP contribution in [-0.2, 0) is 4.74 Å². The summed E-state index contributed by atoms with van der Waals surface area (Å²) in [6.07, 6.45) is 0.656. The summed E-state index contributed by atoms with van der Waals surface area (Å²) in [6.45, 7) is 3.26. The summed E-state index contributed by atoms with van der Waals surface area (Å²) in [5, 5.41) is 16.2. The lowest BCUT2D eigenvalue weighted by atomic mass is 10.0. The number of aromatic nitrogens is 2. The molecule has 1 saturated heterocycles. The number of hydrogen-bond donors (Lipinski definition) is 3. The predicted molar refractivity (Wildman–Crippen MR) is 65.2 cm³/mol. The maximum Gasteiger partial charge on any atom is 0.131 e. The minimum atomic E-state index is -0.779. The fraction of sp³-hybridized carbons (Fsp3) is 0.636. The highest BCUT2D eigenvalue weighted by molar-refractivity contribution is 5.47. The van der Waals surface area contributed by atoms with Crippen molar-refractivity contribution in [3.8, 4) is 0 Å². The number of aryl methyl sites for hydroxylation is 1. The molecule has 6 heteroatoms. The molecule has 1 aliphatic heterocycles. The Morgan fingerprint density at radius 1 is 1.47 bits per heavy atom. The number of anilines is 2. The SMILES string of the molecule is CNc1cc(NCC2(O)CCOC2)nc(C)n1. The van der Waals surface area contributed by atoms with Gasteiger partial charge in [-0.15, -0.1) is 0 Å². The topological polar surface area (TPSA) is 79.3 Å². The zero-order chi connectivity index (χ0) is 12.3. The maximum absolute atomic E-state index is 10.1. The Morgan fingerprint density at radius 3 is 2.88 bits per heavy atom. The van der Waals surface area contributed by atoms with Gasteiger partial charge in [0.1, 0.15) is 23.1 Å². The van der Waals surface area contributed by atoms with Crippen molar-refractivity contribution < 1.29 is 9.84 Å². The fourth-order valence-electron chi connectivity index (χ4n) is 1.78. The van der Waals surface area contributed by atoms with E-state index in [2.05, 4.69) is 20.6 Å². The first-order valence-corrected chi connectivity index (χ1v) is 5.69. The zero-order valence-electron chi connectivity index (χ0n) is 10.2. The molecule has 0 aliphatic carbocycles.